The fourth-order valence-electron chi connectivity index (χ4n) is 1.07. The molecule has 3 nitrogen and oxygen atoms in total. The fourth-order valence-corrected chi connectivity index (χ4v) is 1.74. The van der Waals surface area contributed by atoms with E-state index in [1.54, 1.807) is 12.1 Å². The van der Waals surface area contributed by atoms with E-state index in [9.17, 15) is 4.79 Å². The predicted molar refractivity (Wildman–Crippen MR) is 57.8 cm³/mol. The quantitative estimate of drug-likeness (QED) is 0.812. The first-order valence-electron chi connectivity index (χ1n) is 3.52. The van der Waals surface area contributed by atoms with Crippen LogP contribution in [-0.4, -0.2) is 10.2 Å². The predicted octanol–water partition coefficient (Wildman–Crippen LogP) is 2.45. The van der Waals surface area contributed by atoms with Gasteiger partial charge in [0.25, 0.3) is 0 Å². The number of fused-ring (bicyclic) bond motifs is 1. The lowest BCUT2D eigenvalue weighted by Crippen LogP contribution is -2.06. The number of hydrogen-bond donors (Lipinski definition) is 1. The number of halogens is 2. The van der Waals surface area contributed by atoms with Crippen molar-refractivity contribution in [1.82, 2.24) is 10.2 Å². The minimum Gasteiger partial charge on any atom is -0.286 e. The van der Waals surface area contributed by atoms with Crippen molar-refractivity contribution in [2.45, 2.75) is 0 Å². The van der Waals surface area contributed by atoms with Crippen LogP contribution in [0.5, 0.6) is 0 Å². The minimum absolute atomic E-state index is 0.102. The van der Waals surface area contributed by atoms with Gasteiger partial charge in [-0.05, 0) is 34.1 Å². The Hall–Kier alpha value is -0.680. The molecule has 1 N–H and O–H groups in total. The number of nitrogens with one attached hydrogen (secondary N) is 1. The second kappa shape index (κ2) is 3.23. The molecule has 1 aromatic heterocycles. The van der Waals surface area contributed by atoms with Gasteiger partial charge in [-0.25, -0.2) is 0 Å². The highest BCUT2D eigenvalue weighted by atomic mass is 79.9. The molecule has 5 heteroatoms. The first kappa shape index (κ1) is 8.90. The summed E-state index contributed by atoms with van der Waals surface area (Å²) in [6.45, 7) is 0. The highest BCUT2D eigenvalue weighted by molar-refractivity contribution is 9.10. The number of benzene rings is 1. The summed E-state index contributed by atoms with van der Waals surface area (Å²) in [7, 11) is 0. The Kier molecular flexibility index (Phi) is 2.21. The topological polar surface area (TPSA) is 45.8 Å². The highest BCUT2D eigenvalue weighted by Crippen LogP contribution is 2.15. The molecule has 0 spiro atoms. The molecule has 13 heavy (non-hydrogen) atoms. The standard InChI is InChI=1S/C8H4Br2N2O/c9-4-1-2-6-5(3-4)7(13)8(10)12-11-6/h1-3H,(H,11,13). The molecule has 0 unspecified atom stereocenters. The van der Waals surface area contributed by atoms with E-state index < -0.39 is 0 Å². The van der Waals surface area contributed by atoms with Crippen molar-refractivity contribution in [2.24, 2.45) is 0 Å². The van der Waals surface area contributed by atoms with E-state index in [0.717, 1.165) is 9.99 Å². The molecule has 0 saturated heterocycles. The largest absolute Gasteiger partial charge is 0.286 e. The summed E-state index contributed by atoms with van der Waals surface area (Å²) < 4.78 is 1.18. The Balaban J connectivity index is 2.97. The van der Waals surface area contributed by atoms with Crippen LogP contribution in [0.3, 0.4) is 0 Å². The van der Waals surface area contributed by atoms with E-state index in [4.69, 9.17) is 0 Å². The van der Waals surface area contributed by atoms with Crippen molar-refractivity contribution in [3.63, 3.8) is 0 Å². The average molecular weight is 304 g/mol. The molecule has 0 amide bonds. The van der Waals surface area contributed by atoms with E-state index >= 15 is 0 Å². The van der Waals surface area contributed by atoms with Crippen molar-refractivity contribution < 1.29 is 0 Å². The molecule has 0 bridgehead atoms. The van der Waals surface area contributed by atoms with Crippen LogP contribution in [0.15, 0.2) is 32.1 Å². The van der Waals surface area contributed by atoms with Crippen LogP contribution in [0.2, 0.25) is 0 Å². The summed E-state index contributed by atoms with van der Waals surface area (Å²) in [5.74, 6) is 0. The number of rotatable bonds is 0. The van der Waals surface area contributed by atoms with Gasteiger partial charge in [-0.1, -0.05) is 15.9 Å². The Bertz CT molecular complexity index is 516. The summed E-state index contributed by atoms with van der Waals surface area (Å²) in [5.41, 5.74) is 0.631. The molecular formula is C8H4Br2N2O. The molecule has 0 aliphatic carbocycles. The zero-order valence-electron chi connectivity index (χ0n) is 6.34. The number of aromatic amines is 1. The maximum Gasteiger partial charge on any atom is 0.222 e. The van der Waals surface area contributed by atoms with Gasteiger partial charge in [0, 0.05) is 4.47 Å². The lowest BCUT2D eigenvalue weighted by molar-refractivity contribution is 1.03. The van der Waals surface area contributed by atoms with Crippen LogP contribution in [0.1, 0.15) is 0 Å². The summed E-state index contributed by atoms with van der Waals surface area (Å²) in [6.07, 6.45) is 0. The molecule has 1 heterocycles. The zero-order chi connectivity index (χ0) is 9.42. The summed E-state index contributed by atoms with van der Waals surface area (Å²) in [5, 5.41) is 7.19. The maximum absolute atomic E-state index is 11.5. The summed E-state index contributed by atoms with van der Waals surface area (Å²) >= 11 is 6.37. The molecule has 0 aliphatic rings. The van der Waals surface area contributed by atoms with E-state index in [0.29, 0.717) is 9.99 Å². The van der Waals surface area contributed by atoms with Gasteiger partial charge in [-0.3, -0.25) is 9.89 Å². The number of H-pyrrole nitrogens is 1. The second-order valence-corrected chi connectivity index (χ2v) is 4.20. The summed E-state index contributed by atoms with van der Waals surface area (Å²) in [6, 6.07) is 5.43. The third-order valence-electron chi connectivity index (χ3n) is 1.69. The van der Waals surface area contributed by atoms with Crippen LogP contribution >= 0.6 is 31.9 Å². The van der Waals surface area contributed by atoms with Crippen LogP contribution in [0, 0.1) is 0 Å². The number of hydrogen-bond acceptors (Lipinski definition) is 2. The van der Waals surface area contributed by atoms with Crippen LogP contribution in [0.4, 0.5) is 0 Å². The van der Waals surface area contributed by atoms with Crippen LogP contribution < -0.4 is 5.43 Å². The van der Waals surface area contributed by atoms with E-state index in [1.807, 2.05) is 6.07 Å². The highest BCUT2D eigenvalue weighted by Gasteiger charge is 2.03. The third kappa shape index (κ3) is 1.53. The molecule has 0 atom stereocenters. The normalized spacial score (nSPS) is 10.6. The Morgan fingerprint density at radius 3 is 2.85 bits per heavy atom. The Labute approximate surface area is 90.4 Å². The molecule has 2 rings (SSSR count). The van der Waals surface area contributed by atoms with Crippen LogP contribution in [0.25, 0.3) is 10.9 Å². The third-order valence-corrected chi connectivity index (χ3v) is 2.72. The van der Waals surface area contributed by atoms with Gasteiger partial charge in [0.15, 0.2) is 4.60 Å². The fraction of sp³-hybridized carbons (Fsp3) is 0. The Morgan fingerprint density at radius 1 is 1.31 bits per heavy atom. The van der Waals surface area contributed by atoms with Crippen LogP contribution in [-0.2, 0) is 0 Å². The van der Waals surface area contributed by atoms with Gasteiger partial charge in [0.05, 0.1) is 10.9 Å². The minimum atomic E-state index is -0.102. The molecular weight excluding hydrogens is 300 g/mol. The first-order valence-corrected chi connectivity index (χ1v) is 5.10. The molecule has 1 aromatic carbocycles. The van der Waals surface area contributed by atoms with Crippen molar-refractivity contribution in [1.29, 1.82) is 0 Å². The molecule has 0 aliphatic heterocycles. The average Bonchev–Trinajstić information content (AvgIpc) is 2.12. The Morgan fingerprint density at radius 2 is 2.08 bits per heavy atom. The lowest BCUT2D eigenvalue weighted by Gasteiger charge is -1.97. The van der Waals surface area contributed by atoms with E-state index in [-0.39, 0.29) is 5.43 Å². The maximum atomic E-state index is 11.5. The van der Waals surface area contributed by atoms with Gasteiger partial charge in [-0.15, -0.1) is 0 Å². The van der Waals surface area contributed by atoms with Crippen molar-refractivity contribution in [3.8, 4) is 0 Å². The van der Waals surface area contributed by atoms with Crippen molar-refractivity contribution in [2.75, 3.05) is 0 Å². The second-order valence-electron chi connectivity index (χ2n) is 2.53. The molecule has 2 aromatic rings. The van der Waals surface area contributed by atoms with Gasteiger partial charge in [0.1, 0.15) is 0 Å². The van der Waals surface area contributed by atoms with Gasteiger partial charge < -0.3 is 0 Å². The van der Waals surface area contributed by atoms with Gasteiger partial charge >= 0.3 is 0 Å². The van der Waals surface area contributed by atoms with E-state index in [2.05, 4.69) is 42.1 Å². The molecule has 0 radical (unpaired) electrons. The molecule has 0 fully saturated rings. The van der Waals surface area contributed by atoms with Crippen molar-refractivity contribution >= 4 is 42.8 Å². The van der Waals surface area contributed by atoms with Crippen molar-refractivity contribution in [3.05, 3.63) is 37.5 Å². The lowest BCUT2D eigenvalue weighted by atomic mass is 10.2. The van der Waals surface area contributed by atoms with Gasteiger partial charge in [0.2, 0.25) is 5.43 Å². The monoisotopic (exact) mass is 302 g/mol. The number of nitrogens with zero attached hydrogens (tertiary/aromatic N) is 1. The summed E-state index contributed by atoms with van der Waals surface area (Å²) in [4.78, 5) is 11.5. The number of aromatic nitrogens is 2. The molecule has 0 saturated carbocycles. The zero-order valence-corrected chi connectivity index (χ0v) is 9.52. The van der Waals surface area contributed by atoms with Gasteiger partial charge in [-0.2, -0.15) is 5.10 Å². The van der Waals surface area contributed by atoms with E-state index in [1.165, 1.54) is 0 Å². The first-order chi connectivity index (χ1) is 6.18. The molecule has 66 valence electrons. The smallest absolute Gasteiger partial charge is 0.222 e. The SMILES string of the molecule is O=c1c(Br)n[nH]c2ccc(Br)cc12.